The molecule has 0 bridgehead atoms. The summed E-state index contributed by atoms with van der Waals surface area (Å²) in [6.45, 7) is 3.38. The molecule has 1 rings (SSSR count). The molecule has 4 heteroatoms. The van der Waals surface area contributed by atoms with E-state index in [-0.39, 0.29) is 12.6 Å². The average molecular weight is 234 g/mol. The van der Waals surface area contributed by atoms with Gasteiger partial charge in [0.05, 0.1) is 12.1 Å². The molecule has 1 aromatic rings. The standard InChI is InChI=1S/C13H18N2O2/c1-13(2,10-16)15-12(17)14-9-8-11-6-4-3-5-7-11/h3-9,16H,10H2,1-2H3,(H2,14,15,17)/b9-8+. The molecule has 3 N–H and O–H groups in total. The van der Waals surface area contributed by atoms with Crippen LogP contribution in [0.4, 0.5) is 4.79 Å². The number of aliphatic hydroxyl groups is 1. The SMILES string of the molecule is CC(C)(CO)NC(=O)N/C=C/c1ccccc1. The number of urea groups is 1. The molecule has 0 heterocycles. The largest absolute Gasteiger partial charge is 0.394 e. The molecule has 0 saturated carbocycles. The smallest absolute Gasteiger partial charge is 0.319 e. The maximum atomic E-state index is 11.4. The first kappa shape index (κ1) is 13.3. The van der Waals surface area contributed by atoms with Crippen LogP contribution in [0.2, 0.25) is 0 Å². The fraction of sp³-hybridized carbons (Fsp3) is 0.308. The van der Waals surface area contributed by atoms with E-state index in [2.05, 4.69) is 10.6 Å². The third-order valence-electron chi connectivity index (χ3n) is 2.14. The van der Waals surface area contributed by atoms with Crippen molar-refractivity contribution in [3.8, 4) is 0 Å². The molecular weight excluding hydrogens is 216 g/mol. The van der Waals surface area contributed by atoms with E-state index in [1.54, 1.807) is 26.1 Å². The van der Waals surface area contributed by atoms with Gasteiger partial charge in [0, 0.05) is 6.20 Å². The molecule has 0 unspecified atom stereocenters. The van der Waals surface area contributed by atoms with E-state index in [0.717, 1.165) is 5.56 Å². The third kappa shape index (κ3) is 5.17. The Morgan fingerprint density at radius 2 is 2.00 bits per heavy atom. The van der Waals surface area contributed by atoms with Crippen LogP contribution < -0.4 is 10.6 Å². The van der Waals surface area contributed by atoms with Gasteiger partial charge in [-0.05, 0) is 25.5 Å². The lowest BCUT2D eigenvalue weighted by Crippen LogP contribution is -2.49. The first-order valence-electron chi connectivity index (χ1n) is 5.45. The van der Waals surface area contributed by atoms with Crippen molar-refractivity contribution in [1.82, 2.24) is 10.6 Å². The summed E-state index contributed by atoms with van der Waals surface area (Å²) in [7, 11) is 0. The second-order valence-corrected chi connectivity index (χ2v) is 4.38. The highest BCUT2D eigenvalue weighted by Crippen LogP contribution is 2.00. The summed E-state index contributed by atoms with van der Waals surface area (Å²) in [6, 6.07) is 9.32. The minimum Gasteiger partial charge on any atom is -0.394 e. The summed E-state index contributed by atoms with van der Waals surface area (Å²) in [5.41, 5.74) is 0.388. The Hall–Kier alpha value is -1.81. The molecule has 0 saturated heterocycles. The van der Waals surface area contributed by atoms with Crippen LogP contribution in [0.1, 0.15) is 19.4 Å². The van der Waals surface area contributed by atoms with Gasteiger partial charge in [-0.1, -0.05) is 30.3 Å². The van der Waals surface area contributed by atoms with E-state index in [1.807, 2.05) is 30.3 Å². The monoisotopic (exact) mass is 234 g/mol. The van der Waals surface area contributed by atoms with Gasteiger partial charge in [-0.25, -0.2) is 4.79 Å². The van der Waals surface area contributed by atoms with Crippen molar-refractivity contribution in [2.45, 2.75) is 19.4 Å². The quantitative estimate of drug-likeness (QED) is 0.743. The molecule has 1 aromatic carbocycles. The Morgan fingerprint density at radius 1 is 1.35 bits per heavy atom. The Labute approximate surface area is 101 Å². The zero-order valence-corrected chi connectivity index (χ0v) is 10.1. The minimum atomic E-state index is -0.620. The number of aliphatic hydroxyl groups excluding tert-OH is 1. The maximum Gasteiger partial charge on any atom is 0.319 e. The fourth-order valence-corrected chi connectivity index (χ4v) is 1.16. The predicted octanol–water partition coefficient (Wildman–Crippen LogP) is 1.73. The fourth-order valence-electron chi connectivity index (χ4n) is 1.16. The highest BCUT2D eigenvalue weighted by Gasteiger charge is 2.17. The molecule has 0 atom stereocenters. The molecule has 0 aromatic heterocycles. The van der Waals surface area contributed by atoms with Crippen LogP contribution in [0.15, 0.2) is 36.5 Å². The summed E-state index contributed by atoms with van der Waals surface area (Å²) in [5.74, 6) is 0. The van der Waals surface area contributed by atoms with Gasteiger partial charge in [0.15, 0.2) is 0 Å². The lowest BCUT2D eigenvalue weighted by Gasteiger charge is -2.22. The Balaban J connectivity index is 2.41. The molecule has 0 spiro atoms. The number of hydrogen-bond donors (Lipinski definition) is 3. The van der Waals surface area contributed by atoms with E-state index < -0.39 is 5.54 Å². The molecule has 92 valence electrons. The lowest BCUT2D eigenvalue weighted by molar-refractivity contribution is 0.183. The van der Waals surface area contributed by atoms with Crippen molar-refractivity contribution < 1.29 is 9.90 Å². The van der Waals surface area contributed by atoms with Gasteiger partial charge in [-0.2, -0.15) is 0 Å². The van der Waals surface area contributed by atoms with Crippen LogP contribution in [0, 0.1) is 0 Å². The second kappa shape index (κ2) is 6.06. The molecular formula is C13H18N2O2. The van der Waals surface area contributed by atoms with Gasteiger partial charge in [-0.15, -0.1) is 0 Å². The van der Waals surface area contributed by atoms with Gasteiger partial charge in [0.1, 0.15) is 0 Å². The summed E-state index contributed by atoms with van der Waals surface area (Å²) in [5, 5.41) is 14.2. The highest BCUT2D eigenvalue weighted by molar-refractivity contribution is 5.76. The van der Waals surface area contributed by atoms with Crippen LogP contribution in [-0.4, -0.2) is 23.3 Å². The number of benzene rings is 1. The van der Waals surface area contributed by atoms with E-state index in [0.29, 0.717) is 0 Å². The molecule has 2 amide bonds. The number of nitrogens with one attached hydrogen (secondary N) is 2. The molecule has 0 aliphatic rings. The lowest BCUT2D eigenvalue weighted by atomic mass is 10.1. The topological polar surface area (TPSA) is 61.4 Å². The molecule has 4 nitrogen and oxygen atoms in total. The van der Waals surface area contributed by atoms with Crippen LogP contribution >= 0.6 is 0 Å². The minimum absolute atomic E-state index is 0.108. The summed E-state index contributed by atoms with van der Waals surface area (Å²) in [4.78, 5) is 11.4. The third-order valence-corrected chi connectivity index (χ3v) is 2.14. The summed E-state index contributed by atoms with van der Waals surface area (Å²) in [6.07, 6.45) is 3.36. The second-order valence-electron chi connectivity index (χ2n) is 4.38. The number of rotatable bonds is 4. The number of carbonyl (C=O) groups excluding carboxylic acids is 1. The van der Waals surface area contributed by atoms with Crippen molar-refractivity contribution >= 4 is 12.1 Å². The first-order valence-corrected chi connectivity index (χ1v) is 5.45. The van der Waals surface area contributed by atoms with Crippen LogP contribution in [0.25, 0.3) is 6.08 Å². The van der Waals surface area contributed by atoms with E-state index in [4.69, 9.17) is 5.11 Å². The zero-order chi connectivity index (χ0) is 12.7. The normalized spacial score (nSPS) is 11.5. The Kier molecular flexibility index (Phi) is 4.72. The van der Waals surface area contributed by atoms with Crippen LogP contribution in [0.3, 0.4) is 0 Å². The summed E-state index contributed by atoms with van der Waals surface area (Å²) < 4.78 is 0. The number of carbonyl (C=O) groups is 1. The van der Waals surface area contributed by atoms with Crippen molar-refractivity contribution in [1.29, 1.82) is 0 Å². The first-order chi connectivity index (χ1) is 8.03. The molecule has 0 fully saturated rings. The number of hydrogen-bond acceptors (Lipinski definition) is 2. The van der Waals surface area contributed by atoms with Crippen molar-refractivity contribution in [2.24, 2.45) is 0 Å². The van der Waals surface area contributed by atoms with Crippen LogP contribution in [-0.2, 0) is 0 Å². The van der Waals surface area contributed by atoms with Crippen molar-refractivity contribution in [3.05, 3.63) is 42.1 Å². The van der Waals surface area contributed by atoms with E-state index >= 15 is 0 Å². The van der Waals surface area contributed by atoms with Gasteiger partial charge in [0.2, 0.25) is 0 Å². The highest BCUT2D eigenvalue weighted by atomic mass is 16.3. The number of amides is 2. The average Bonchev–Trinajstić information content (AvgIpc) is 2.30. The van der Waals surface area contributed by atoms with Gasteiger partial charge >= 0.3 is 6.03 Å². The molecule has 0 radical (unpaired) electrons. The van der Waals surface area contributed by atoms with Gasteiger partial charge in [0.25, 0.3) is 0 Å². The zero-order valence-electron chi connectivity index (χ0n) is 10.1. The summed E-state index contributed by atoms with van der Waals surface area (Å²) >= 11 is 0. The van der Waals surface area contributed by atoms with E-state index in [9.17, 15) is 4.79 Å². The Morgan fingerprint density at radius 3 is 2.59 bits per heavy atom. The van der Waals surface area contributed by atoms with Crippen molar-refractivity contribution in [2.75, 3.05) is 6.61 Å². The van der Waals surface area contributed by atoms with E-state index in [1.165, 1.54) is 0 Å². The van der Waals surface area contributed by atoms with Crippen molar-refractivity contribution in [3.63, 3.8) is 0 Å². The molecule has 0 aliphatic carbocycles. The van der Waals surface area contributed by atoms with Gasteiger partial charge < -0.3 is 15.7 Å². The predicted molar refractivity (Wildman–Crippen MR) is 68.3 cm³/mol. The maximum absolute atomic E-state index is 11.4. The molecule has 0 aliphatic heterocycles. The van der Waals surface area contributed by atoms with Crippen LogP contribution in [0.5, 0.6) is 0 Å². The van der Waals surface area contributed by atoms with Gasteiger partial charge in [-0.3, -0.25) is 0 Å². The molecule has 17 heavy (non-hydrogen) atoms. The Bertz CT molecular complexity index is 386.